The molecule has 0 aliphatic carbocycles. The van der Waals surface area contributed by atoms with Crippen LogP contribution in [0.5, 0.6) is 0 Å². The van der Waals surface area contributed by atoms with Crippen LogP contribution in [-0.2, 0) is 6.54 Å². The van der Waals surface area contributed by atoms with Gasteiger partial charge in [-0.2, -0.15) is 0 Å². The number of aromatic nitrogens is 1. The highest BCUT2D eigenvalue weighted by Crippen LogP contribution is 2.05. The first-order valence-electron chi connectivity index (χ1n) is 4.83. The molecule has 0 saturated heterocycles. The number of guanidine groups is 1. The molecule has 0 radical (unpaired) electrons. The average Bonchev–Trinajstić information content (AvgIpc) is 2.81. The molecule has 16 heavy (non-hydrogen) atoms. The van der Waals surface area contributed by atoms with Crippen LogP contribution in [0.1, 0.15) is 5.69 Å². The predicted octanol–water partition coefficient (Wildman–Crippen LogP) is 2.07. The molecule has 0 amide bonds. The molecule has 0 unspecified atom stereocenters. The molecule has 1 aromatic carbocycles. The molecular formula is C11H12N4S. The molecule has 1 heterocycles. The zero-order chi connectivity index (χ0) is 11.2. The number of hydrogen-bond donors (Lipinski definition) is 2. The van der Waals surface area contributed by atoms with Crippen molar-refractivity contribution in [2.24, 2.45) is 10.7 Å². The van der Waals surface area contributed by atoms with E-state index < -0.39 is 0 Å². The topological polar surface area (TPSA) is 63.3 Å². The Morgan fingerprint density at radius 3 is 2.88 bits per heavy atom. The van der Waals surface area contributed by atoms with Gasteiger partial charge in [-0.3, -0.25) is 0 Å². The number of nitrogens with zero attached hydrogens (tertiary/aromatic N) is 2. The Morgan fingerprint density at radius 2 is 2.19 bits per heavy atom. The van der Waals surface area contributed by atoms with Crippen molar-refractivity contribution in [1.29, 1.82) is 0 Å². The van der Waals surface area contributed by atoms with Crippen molar-refractivity contribution in [1.82, 2.24) is 4.98 Å². The smallest absolute Gasteiger partial charge is 0.193 e. The third-order valence-corrected chi connectivity index (χ3v) is 2.58. The van der Waals surface area contributed by atoms with Gasteiger partial charge in [-0.25, -0.2) is 9.98 Å². The lowest BCUT2D eigenvalue weighted by molar-refractivity contribution is 1.00. The first kappa shape index (κ1) is 10.6. The summed E-state index contributed by atoms with van der Waals surface area (Å²) in [7, 11) is 0. The predicted molar refractivity (Wildman–Crippen MR) is 67.5 cm³/mol. The van der Waals surface area contributed by atoms with Crippen LogP contribution >= 0.6 is 11.3 Å². The van der Waals surface area contributed by atoms with E-state index in [2.05, 4.69) is 15.3 Å². The third kappa shape index (κ3) is 3.06. The van der Waals surface area contributed by atoms with Crippen LogP contribution in [0.15, 0.2) is 46.2 Å². The van der Waals surface area contributed by atoms with Gasteiger partial charge in [0.05, 0.1) is 17.7 Å². The molecule has 0 atom stereocenters. The van der Waals surface area contributed by atoms with Gasteiger partial charge in [-0.15, -0.1) is 11.3 Å². The SMILES string of the molecule is NC(=NCc1cscn1)Nc1ccccc1. The number of aliphatic imine (C=N–C) groups is 1. The zero-order valence-corrected chi connectivity index (χ0v) is 9.45. The van der Waals surface area contributed by atoms with Crippen molar-refractivity contribution < 1.29 is 0 Å². The lowest BCUT2D eigenvalue weighted by Crippen LogP contribution is -2.22. The second kappa shape index (κ2) is 5.27. The van der Waals surface area contributed by atoms with Gasteiger partial charge < -0.3 is 11.1 Å². The minimum absolute atomic E-state index is 0.402. The molecule has 3 N–H and O–H groups in total. The Balaban J connectivity index is 1.93. The summed E-state index contributed by atoms with van der Waals surface area (Å²) in [5.41, 5.74) is 9.39. The summed E-state index contributed by atoms with van der Waals surface area (Å²) in [5.74, 6) is 0.402. The van der Waals surface area contributed by atoms with Gasteiger partial charge in [0.25, 0.3) is 0 Å². The summed E-state index contributed by atoms with van der Waals surface area (Å²) < 4.78 is 0. The van der Waals surface area contributed by atoms with E-state index in [4.69, 9.17) is 5.73 Å². The quantitative estimate of drug-likeness (QED) is 0.629. The van der Waals surface area contributed by atoms with Crippen LogP contribution in [0.4, 0.5) is 5.69 Å². The molecule has 5 heteroatoms. The Kier molecular flexibility index (Phi) is 3.50. The van der Waals surface area contributed by atoms with E-state index in [-0.39, 0.29) is 0 Å². The molecule has 0 fully saturated rings. The Morgan fingerprint density at radius 1 is 1.38 bits per heavy atom. The molecule has 82 valence electrons. The summed E-state index contributed by atoms with van der Waals surface area (Å²) in [6.07, 6.45) is 0. The van der Waals surface area contributed by atoms with Crippen LogP contribution in [0.3, 0.4) is 0 Å². The van der Waals surface area contributed by atoms with Gasteiger partial charge in [0.1, 0.15) is 0 Å². The van der Waals surface area contributed by atoms with Crippen LogP contribution in [0, 0.1) is 0 Å². The number of rotatable bonds is 3. The van der Waals surface area contributed by atoms with E-state index in [1.54, 1.807) is 16.8 Å². The van der Waals surface area contributed by atoms with Crippen molar-refractivity contribution in [2.45, 2.75) is 6.54 Å². The van der Waals surface area contributed by atoms with Gasteiger partial charge in [0.15, 0.2) is 5.96 Å². The number of hydrogen-bond acceptors (Lipinski definition) is 3. The standard InChI is InChI=1S/C11H12N4S/c12-11(13-6-10-7-16-8-14-10)15-9-4-2-1-3-5-9/h1-5,7-8H,6H2,(H3,12,13,15). The van der Waals surface area contributed by atoms with E-state index in [1.807, 2.05) is 35.7 Å². The summed E-state index contributed by atoms with van der Waals surface area (Å²) in [6.45, 7) is 0.509. The Hall–Kier alpha value is -1.88. The maximum Gasteiger partial charge on any atom is 0.193 e. The maximum absolute atomic E-state index is 5.74. The molecule has 0 aliphatic rings. The van der Waals surface area contributed by atoms with E-state index >= 15 is 0 Å². The van der Waals surface area contributed by atoms with Gasteiger partial charge in [0, 0.05) is 11.1 Å². The lowest BCUT2D eigenvalue weighted by Gasteiger charge is -2.04. The average molecular weight is 232 g/mol. The maximum atomic E-state index is 5.74. The van der Waals surface area contributed by atoms with E-state index in [9.17, 15) is 0 Å². The van der Waals surface area contributed by atoms with Crippen molar-refractivity contribution in [3.63, 3.8) is 0 Å². The van der Waals surface area contributed by atoms with Gasteiger partial charge in [0.2, 0.25) is 0 Å². The monoisotopic (exact) mass is 232 g/mol. The summed E-state index contributed by atoms with van der Waals surface area (Å²) >= 11 is 1.55. The first-order valence-corrected chi connectivity index (χ1v) is 5.78. The molecular weight excluding hydrogens is 220 g/mol. The van der Waals surface area contributed by atoms with Gasteiger partial charge in [-0.05, 0) is 12.1 Å². The molecule has 4 nitrogen and oxygen atoms in total. The third-order valence-electron chi connectivity index (χ3n) is 1.94. The fourth-order valence-electron chi connectivity index (χ4n) is 1.19. The highest BCUT2D eigenvalue weighted by molar-refractivity contribution is 7.07. The first-order chi connectivity index (χ1) is 7.84. The summed E-state index contributed by atoms with van der Waals surface area (Å²) in [6, 6.07) is 9.70. The van der Waals surface area contributed by atoms with Crippen molar-refractivity contribution in [3.8, 4) is 0 Å². The number of nitrogens with two attached hydrogens (primary N) is 1. The van der Waals surface area contributed by atoms with Crippen molar-refractivity contribution >= 4 is 23.0 Å². The number of thiazole rings is 1. The summed E-state index contributed by atoms with van der Waals surface area (Å²) in [4.78, 5) is 8.31. The molecule has 2 rings (SSSR count). The fourth-order valence-corrected chi connectivity index (χ4v) is 1.74. The minimum Gasteiger partial charge on any atom is -0.370 e. The fraction of sp³-hybridized carbons (Fsp3) is 0.0909. The van der Waals surface area contributed by atoms with Crippen LogP contribution in [0.25, 0.3) is 0 Å². The molecule has 1 aromatic heterocycles. The molecule has 0 bridgehead atoms. The lowest BCUT2D eigenvalue weighted by atomic mass is 10.3. The number of benzene rings is 1. The van der Waals surface area contributed by atoms with Crippen LogP contribution < -0.4 is 11.1 Å². The zero-order valence-electron chi connectivity index (χ0n) is 8.63. The largest absolute Gasteiger partial charge is 0.370 e. The highest BCUT2D eigenvalue weighted by Gasteiger charge is 1.95. The van der Waals surface area contributed by atoms with Crippen molar-refractivity contribution in [2.75, 3.05) is 5.32 Å². The Bertz CT molecular complexity index is 450. The summed E-state index contributed by atoms with van der Waals surface area (Å²) in [5, 5.41) is 4.97. The van der Waals surface area contributed by atoms with Crippen LogP contribution in [0.2, 0.25) is 0 Å². The molecule has 0 saturated carbocycles. The molecule has 2 aromatic rings. The van der Waals surface area contributed by atoms with Gasteiger partial charge in [-0.1, -0.05) is 18.2 Å². The molecule has 0 spiro atoms. The van der Waals surface area contributed by atoms with E-state index in [0.29, 0.717) is 12.5 Å². The van der Waals surface area contributed by atoms with E-state index in [0.717, 1.165) is 11.4 Å². The van der Waals surface area contributed by atoms with Crippen LogP contribution in [-0.4, -0.2) is 10.9 Å². The second-order valence-electron chi connectivity index (χ2n) is 3.17. The second-order valence-corrected chi connectivity index (χ2v) is 3.89. The molecule has 0 aliphatic heterocycles. The number of para-hydroxylation sites is 1. The number of nitrogens with one attached hydrogen (secondary N) is 1. The number of anilines is 1. The highest BCUT2D eigenvalue weighted by atomic mass is 32.1. The van der Waals surface area contributed by atoms with E-state index in [1.165, 1.54) is 0 Å². The minimum atomic E-state index is 0.402. The Labute approximate surface area is 97.9 Å². The van der Waals surface area contributed by atoms with Crippen molar-refractivity contribution in [3.05, 3.63) is 46.9 Å². The normalized spacial score (nSPS) is 11.4. The van der Waals surface area contributed by atoms with Gasteiger partial charge >= 0.3 is 0 Å².